The molecular weight excluding hydrogens is 510 g/mol. The number of hydrogen-bond donors (Lipinski definition) is 4. The van der Waals surface area contributed by atoms with Crippen LogP contribution in [0.25, 0.3) is 0 Å². The Morgan fingerprint density at radius 2 is 2.06 bits per heavy atom. The van der Waals surface area contributed by atoms with Gasteiger partial charge >= 0.3 is 5.97 Å². The molecule has 4 N–H and O–H groups in total. The average molecular weight is 535 g/mol. The minimum Gasteiger partial charge on any atom is -0.477 e. The smallest absolute Gasteiger partial charge is 0.348 e. The van der Waals surface area contributed by atoms with E-state index in [0.29, 0.717) is 31.7 Å². The van der Waals surface area contributed by atoms with E-state index in [4.69, 9.17) is 16.3 Å². The number of carboxylic acid groups (broad SMARTS) is 1. The second-order valence-corrected chi connectivity index (χ2v) is 8.93. The summed E-state index contributed by atoms with van der Waals surface area (Å²) in [6, 6.07) is -0.375. The second kappa shape index (κ2) is 11.7. The summed E-state index contributed by atoms with van der Waals surface area (Å²) in [5.41, 5.74) is 0.224. The molecule has 15 heteroatoms. The second-order valence-electron chi connectivity index (χ2n) is 7.60. The lowest BCUT2D eigenvalue weighted by atomic mass is 10.0. The van der Waals surface area contributed by atoms with Gasteiger partial charge in [-0.1, -0.05) is 29.9 Å². The van der Waals surface area contributed by atoms with E-state index in [2.05, 4.69) is 20.3 Å². The number of piperidine rings is 1. The molecule has 35 heavy (non-hydrogen) atoms. The highest BCUT2D eigenvalue weighted by Gasteiger charge is 2.34. The van der Waals surface area contributed by atoms with Crippen molar-refractivity contribution in [3.8, 4) is 0 Å². The number of aromatic nitrogens is 3. The molecule has 1 aliphatic heterocycles. The molecular formula is C20H25ClF2N6O5S. The Bertz CT molecular complexity index is 1080. The SMILES string of the molecule is CCO[C@H]1CN(c2nc(C(=O)NCC(F)F)c(C(=O)O)s2)CC[C@H]1NC(=O)c1nc(Cl)c(CC)[nH]1. The minimum absolute atomic E-state index is 0.0926. The number of nitrogens with one attached hydrogen (secondary N) is 3. The number of halogens is 3. The molecule has 0 bridgehead atoms. The van der Waals surface area contributed by atoms with Crippen molar-refractivity contribution in [1.29, 1.82) is 0 Å². The molecule has 1 fully saturated rings. The molecule has 2 aromatic rings. The molecule has 11 nitrogen and oxygen atoms in total. The number of carboxylic acids is 1. The van der Waals surface area contributed by atoms with Crippen LogP contribution in [0, 0.1) is 0 Å². The first kappa shape index (κ1) is 26.8. The molecule has 0 unspecified atom stereocenters. The summed E-state index contributed by atoms with van der Waals surface area (Å²) in [6.07, 6.45) is -2.23. The van der Waals surface area contributed by atoms with E-state index in [-0.39, 0.29) is 33.6 Å². The van der Waals surface area contributed by atoms with Gasteiger partial charge < -0.3 is 30.4 Å². The highest BCUT2D eigenvalue weighted by Crippen LogP contribution is 2.30. The highest BCUT2D eigenvalue weighted by atomic mass is 35.5. The number of aryl methyl sites for hydroxylation is 1. The van der Waals surface area contributed by atoms with Gasteiger partial charge in [-0.3, -0.25) is 9.59 Å². The van der Waals surface area contributed by atoms with Gasteiger partial charge in [0, 0.05) is 19.7 Å². The Labute approximate surface area is 208 Å². The van der Waals surface area contributed by atoms with Crippen LogP contribution in [-0.4, -0.2) is 82.7 Å². The number of anilines is 1. The molecule has 1 saturated heterocycles. The Morgan fingerprint density at radius 1 is 1.31 bits per heavy atom. The van der Waals surface area contributed by atoms with Crippen LogP contribution in [0.4, 0.5) is 13.9 Å². The Balaban J connectivity index is 1.74. The minimum atomic E-state index is -2.78. The van der Waals surface area contributed by atoms with Crippen LogP contribution in [0.3, 0.4) is 0 Å². The van der Waals surface area contributed by atoms with E-state index < -0.39 is 42.6 Å². The Hall–Kier alpha value is -2.84. The maximum absolute atomic E-state index is 12.7. The van der Waals surface area contributed by atoms with Gasteiger partial charge in [-0.15, -0.1) is 0 Å². The molecule has 3 heterocycles. The summed E-state index contributed by atoms with van der Waals surface area (Å²) in [5, 5.41) is 14.8. The molecule has 192 valence electrons. The summed E-state index contributed by atoms with van der Waals surface area (Å²) < 4.78 is 30.7. The van der Waals surface area contributed by atoms with Gasteiger partial charge in [0.2, 0.25) is 0 Å². The van der Waals surface area contributed by atoms with Crippen molar-refractivity contribution in [3.05, 3.63) is 27.2 Å². The first-order chi connectivity index (χ1) is 16.6. The topological polar surface area (TPSA) is 150 Å². The maximum atomic E-state index is 12.7. The number of amides is 2. The number of nitrogens with zero attached hydrogens (tertiary/aromatic N) is 3. The normalized spacial score (nSPS) is 18.1. The number of alkyl halides is 2. The van der Waals surface area contributed by atoms with Crippen molar-refractivity contribution in [3.63, 3.8) is 0 Å². The fourth-order valence-corrected chi connectivity index (χ4v) is 4.80. The summed E-state index contributed by atoms with van der Waals surface area (Å²) >= 11 is 6.79. The van der Waals surface area contributed by atoms with Gasteiger partial charge in [0.25, 0.3) is 18.2 Å². The molecule has 0 aliphatic carbocycles. The molecule has 2 amide bonds. The largest absolute Gasteiger partial charge is 0.477 e. The number of H-pyrrole nitrogens is 1. The third kappa shape index (κ3) is 6.44. The van der Waals surface area contributed by atoms with Gasteiger partial charge in [0.1, 0.15) is 4.88 Å². The number of aromatic amines is 1. The first-order valence-electron chi connectivity index (χ1n) is 10.9. The van der Waals surface area contributed by atoms with Gasteiger partial charge in [-0.25, -0.2) is 23.5 Å². The number of ether oxygens (including phenoxy) is 1. The van der Waals surface area contributed by atoms with Crippen LogP contribution in [0.1, 0.15) is 56.7 Å². The zero-order valence-electron chi connectivity index (χ0n) is 18.9. The number of rotatable bonds is 10. The van der Waals surface area contributed by atoms with E-state index in [9.17, 15) is 28.3 Å². The van der Waals surface area contributed by atoms with Crippen molar-refractivity contribution in [2.75, 3.05) is 31.1 Å². The number of imidazole rings is 1. The molecule has 2 aromatic heterocycles. The van der Waals surface area contributed by atoms with E-state index in [1.807, 2.05) is 12.2 Å². The number of aromatic carboxylic acids is 1. The van der Waals surface area contributed by atoms with Gasteiger partial charge in [-0.05, 0) is 19.8 Å². The number of carbonyl (C=O) groups excluding carboxylic acids is 2. The fraction of sp³-hybridized carbons (Fsp3) is 0.550. The van der Waals surface area contributed by atoms with Crippen LogP contribution < -0.4 is 15.5 Å². The molecule has 0 spiro atoms. The van der Waals surface area contributed by atoms with E-state index in [1.54, 1.807) is 11.8 Å². The van der Waals surface area contributed by atoms with Crippen molar-refractivity contribution in [1.82, 2.24) is 25.6 Å². The van der Waals surface area contributed by atoms with Crippen LogP contribution in [0.2, 0.25) is 5.15 Å². The summed E-state index contributed by atoms with van der Waals surface area (Å²) in [7, 11) is 0. The van der Waals surface area contributed by atoms with Gasteiger partial charge in [-0.2, -0.15) is 0 Å². The fourth-order valence-electron chi connectivity index (χ4n) is 3.60. The Morgan fingerprint density at radius 3 is 2.66 bits per heavy atom. The van der Waals surface area contributed by atoms with E-state index in [0.717, 1.165) is 11.3 Å². The lowest BCUT2D eigenvalue weighted by Gasteiger charge is -2.38. The molecule has 1 aliphatic rings. The number of hydrogen-bond acceptors (Lipinski definition) is 8. The molecule has 0 radical (unpaired) electrons. The van der Waals surface area contributed by atoms with E-state index in [1.165, 1.54) is 0 Å². The summed E-state index contributed by atoms with van der Waals surface area (Å²) in [4.78, 5) is 49.0. The lowest BCUT2D eigenvalue weighted by Crippen LogP contribution is -2.55. The van der Waals surface area contributed by atoms with Crippen molar-refractivity contribution < 1.29 is 33.0 Å². The van der Waals surface area contributed by atoms with Gasteiger partial charge in [0.05, 0.1) is 24.4 Å². The van der Waals surface area contributed by atoms with Gasteiger partial charge in [0.15, 0.2) is 21.8 Å². The molecule has 0 aromatic carbocycles. The predicted molar refractivity (Wildman–Crippen MR) is 124 cm³/mol. The van der Waals surface area contributed by atoms with Crippen LogP contribution in [-0.2, 0) is 11.2 Å². The maximum Gasteiger partial charge on any atom is 0.348 e. The third-order valence-electron chi connectivity index (χ3n) is 5.27. The standard InChI is InChI=1S/C20H25ClF2N6O5S/c1-3-9-15(21)28-16(25-9)18(31)26-10-5-6-29(8-11(10)34-4-2)20-27-13(14(35-20)19(32)33)17(30)24-7-12(22)23/h10-12H,3-8H2,1-2H3,(H,24,30)(H,25,28)(H,26,31)(H,32,33)/t10-,11+/m1/s1. The van der Waals surface area contributed by atoms with Crippen LogP contribution in [0.15, 0.2) is 0 Å². The Kier molecular flexibility index (Phi) is 8.97. The van der Waals surface area contributed by atoms with E-state index >= 15 is 0 Å². The first-order valence-corrected chi connectivity index (χ1v) is 12.1. The predicted octanol–water partition coefficient (Wildman–Crippen LogP) is 2.19. The summed E-state index contributed by atoms with van der Waals surface area (Å²) in [6.45, 7) is 3.75. The monoisotopic (exact) mass is 534 g/mol. The summed E-state index contributed by atoms with van der Waals surface area (Å²) in [5.74, 6) is -2.72. The van der Waals surface area contributed by atoms with Crippen molar-refractivity contribution in [2.45, 2.75) is 45.3 Å². The lowest BCUT2D eigenvalue weighted by molar-refractivity contribution is 0.0271. The van der Waals surface area contributed by atoms with Crippen molar-refractivity contribution in [2.24, 2.45) is 0 Å². The quantitative estimate of drug-likeness (QED) is 0.362. The van der Waals surface area contributed by atoms with Crippen LogP contribution in [0.5, 0.6) is 0 Å². The zero-order chi connectivity index (χ0) is 25.7. The van der Waals surface area contributed by atoms with Crippen molar-refractivity contribution >= 4 is 45.9 Å². The number of carbonyl (C=O) groups is 3. The van der Waals surface area contributed by atoms with Crippen LogP contribution >= 0.6 is 22.9 Å². The average Bonchev–Trinajstić information content (AvgIpc) is 3.43. The third-order valence-corrected chi connectivity index (χ3v) is 6.68. The zero-order valence-corrected chi connectivity index (χ0v) is 20.5. The number of thiazole rings is 1. The molecule has 0 saturated carbocycles. The molecule has 2 atom stereocenters. The molecule has 3 rings (SSSR count). The highest BCUT2D eigenvalue weighted by molar-refractivity contribution is 7.17.